The molecule has 2 aromatic rings. The average Bonchev–Trinajstić information content (AvgIpc) is 2.88. The SMILES string of the molecule is CC(C)c1noc(NC2CCOc3ccccc32)n1. The molecule has 1 aliphatic rings. The first-order valence-corrected chi connectivity index (χ1v) is 6.56. The minimum absolute atomic E-state index is 0.158. The number of anilines is 1. The second kappa shape index (κ2) is 4.91. The second-order valence-electron chi connectivity index (χ2n) is 4.98. The van der Waals surface area contributed by atoms with E-state index in [1.54, 1.807) is 0 Å². The Morgan fingerprint density at radius 2 is 2.16 bits per heavy atom. The van der Waals surface area contributed by atoms with Gasteiger partial charge in [-0.05, 0) is 6.07 Å². The van der Waals surface area contributed by atoms with Crippen molar-refractivity contribution in [3.63, 3.8) is 0 Å². The normalized spacial score (nSPS) is 17.9. The van der Waals surface area contributed by atoms with Gasteiger partial charge in [-0.3, -0.25) is 0 Å². The van der Waals surface area contributed by atoms with Gasteiger partial charge in [-0.25, -0.2) is 0 Å². The monoisotopic (exact) mass is 259 g/mol. The molecule has 0 bridgehead atoms. The molecular formula is C14H17N3O2. The maximum absolute atomic E-state index is 5.63. The second-order valence-corrected chi connectivity index (χ2v) is 4.98. The fraction of sp³-hybridized carbons (Fsp3) is 0.429. The van der Waals surface area contributed by atoms with Crippen LogP contribution in [0.5, 0.6) is 5.75 Å². The molecule has 1 aliphatic heterocycles. The van der Waals surface area contributed by atoms with Crippen molar-refractivity contribution in [1.82, 2.24) is 10.1 Å². The van der Waals surface area contributed by atoms with Crippen LogP contribution in [0.15, 0.2) is 28.8 Å². The molecule has 3 rings (SSSR count). The minimum atomic E-state index is 0.158. The van der Waals surface area contributed by atoms with Crippen molar-refractivity contribution in [2.45, 2.75) is 32.2 Å². The number of hydrogen-bond donors (Lipinski definition) is 1. The molecule has 1 aromatic heterocycles. The number of ether oxygens (including phenoxy) is 1. The minimum Gasteiger partial charge on any atom is -0.493 e. The van der Waals surface area contributed by atoms with Gasteiger partial charge in [0.2, 0.25) is 0 Å². The molecule has 5 nitrogen and oxygen atoms in total. The fourth-order valence-electron chi connectivity index (χ4n) is 2.17. The number of benzene rings is 1. The molecule has 0 saturated carbocycles. The lowest BCUT2D eigenvalue weighted by Gasteiger charge is -2.25. The van der Waals surface area contributed by atoms with Gasteiger partial charge in [-0.1, -0.05) is 37.2 Å². The number of rotatable bonds is 3. The van der Waals surface area contributed by atoms with E-state index in [9.17, 15) is 0 Å². The van der Waals surface area contributed by atoms with Crippen LogP contribution in [0.25, 0.3) is 0 Å². The van der Waals surface area contributed by atoms with Gasteiger partial charge < -0.3 is 14.6 Å². The standard InChI is InChI=1S/C14H17N3O2/c1-9(2)13-16-14(19-17-13)15-11-7-8-18-12-6-4-3-5-10(11)12/h3-6,9,11H,7-8H2,1-2H3,(H,15,16,17). The summed E-state index contributed by atoms with van der Waals surface area (Å²) in [5.41, 5.74) is 1.14. The molecular weight excluding hydrogens is 242 g/mol. The van der Waals surface area contributed by atoms with Crippen molar-refractivity contribution in [3.05, 3.63) is 35.7 Å². The molecule has 5 heteroatoms. The Labute approximate surface area is 112 Å². The zero-order valence-electron chi connectivity index (χ0n) is 11.1. The molecule has 2 heterocycles. The zero-order chi connectivity index (χ0) is 13.2. The third-order valence-electron chi connectivity index (χ3n) is 3.21. The third kappa shape index (κ3) is 2.41. The van der Waals surface area contributed by atoms with E-state index in [2.05, 4.69) is 21.5 Å². The summed E-state index contributed by atoms with van der Waals surface area (Å²) in [7, 11) is 0. The summed E-state index contributed by atoms with van der Waals surface area (Å²) in [5, 5.41) is 7.25. The van der Waals surface area contributed by atoms with Gasteiger partial charge >= 0.3 is 6.01 Å². The van der Waals surface area contributed by atoms with Crippen LogP contribution in [0.2, 0.25) is 0 Å². The first-order chi connectivity index (χ1) is 9.24. The highest BCUT2D eigenvalue weighted by Crippen LogP contribution is 2.33. The van der Waals surface area contributed by atoms with Gasteiger partial charge in [0.05, 0.1) is 12.6 Å². The Bertz CT molecular complexity index is 565. The smallest absolute Gasteiger partial charge is 0.321 e. The number of fused-ring (bicyclic) bond motifs is 1. The first-order valence-electron chi connectivity index (χ1n) is 6.56. The molecule has 0 amide bonds. The van der Waals surface area contributed by atoms with Gasteiger partial charge in [0.25, 0.3) is 0 Å². The summed E-state index contributed by atoms with van der Waals surface area (Å²) >= 11 is 0. The zero-order valence-corrected chi connectivity index (χ0v) is 11.1. The molecule has 1 atom stereocenters. The summed E-state index contributed by atoms with van der Waals surface area (Å²) in [5.74, 6) is 1.92. The van der Waals surface area contributed by atoms with Crippen molar-refractivity contribution in [1.29, 1.82) is 0 Å². The van der Waals surface area contributed by atoms with Crippen molar-refractivity contribution >= 4 is 6.01 Å². The highest BCUT2D eigenvalue weighted by Gasteiger charge is 2.22. The molecule has 0 radical (unpaired) electrons. The van der Waals surface area contributed by atoms with Crippen LogP contribution < -0.4 is 10.1 Å². The van der Waals surface area contributed by atoms with E-state index < -0.39 is 0 Å². The maximum Gasteiger partial charge on any atom is 0.321 e. The predicted octanol–water partition coefficient (Wildman–Crippen LogP) is 3.13. The van der Waals surface area contributed by atoms with Gasteiger partial charge in [0, 0.05) is 17.9 Å². The number of hydrogen-bond acceptors (Lipinski definition) is 5. The molecule has 0 saturated heterocycles. The lowest BCUT2D eigenvalue weighted by atomic mass is 10.0. The first kappa shape index (κ1) is 12.0. The highest BCUT2D eigenvalue weighted by molar-refractivity contribution is 5.41. The van der Waals surface area contributed by atoms with E-state index in [4.69, 9.17) is 9.26 Å². The van der Waals surface area contributed by atoms with Crippen molar-refractivity contribution < 1.29 is 9.26 Å². The highest BCUT2D eigenvalue weighted by atomic mass is 16.5. The van der Waals surface area contributed by atoms with Crippen molar-refractivity contribution in [2.24, 2.45) is 0 Å². The topological polar surface area (TPSA) is 60.2 Å². The van der Waals surface area contributed by atoms with Crippen LogP contribution in [0.1, 0.15) is 43.6 Å². The molecule has 100 valence electrons. The van der Waals surface area contributed by atoms with E-state index in [1.165, 1.54) is 0 Å². The predicted molar refractivity (Wildman–Crippen MR) is 71.3 cm³/mol. The molecule has 0 fully saturated rings. The lowest BCUT2D eigenvalue weighted by molar-refractivity contribution is 0.272. The van der Waals surface area contributed by atoms with Crippen molar-refractivity contribution in [2.75, 3.05) is 11.9 Å². The van der Waals surface area contributed by atoms with Gasteiger partial charge in [0.15, 0.2) is 5.82 Å². The van der Waals surface area contributed by atoms with E-state index in [0.717, 1.165) is 23.6 Å². The van der Waals surface area contributed by atoms with E-state index in [-0.39, 0.29) is 12.0 Å². The average molecular weight is 259 g/mol. The summed E-state index contributed by atoms with van der Waals surface area (Å²) in [4.78, 5) is 4.35. The summed E-state index contributed by atoms with van der Waals surface area (Å²) in [6.45, 7) is 4.77. The number of para-hydroxylation sites is 1. The molecule has 1 unspecified atom stereocenters. The van der Waals surface area contributed by atoms with E-state index in [1.807, 2.05) is 32.0 Å². The van der Waals surface area contributed by atoms with Crippen LogP contribution in [-0.2, 0) is 0 Å². The van der Waals surface area contributed by atoms with Gasteiger partial charge in [-0.15, -0.1) is 0 Å². The fourth-order valence-corrected chi connectivity index (χ4v) is 2.17. The Morgan fingerprint density at radius 1 is 1.32 bits per heavy atom. The molecule has 1 aromatic carbocycles. The van der Waals surface area contributed by atoms with E-state index >= 15 is 0 Å². The van der Waals surface area contributed by atoms with Crippen LogP contribution in [0, 0.1) is 0 Å². The van der Waals surface area contributed by atoms with Crippen LogP contribution in [0.3, 0.4) is 0 Å². The Kier molecular flexibility index (Phi) is 3.11. The maximum atomic E-state index is 5.63. The van der Waals surface area contributed by atoms with E-state index in [0.29, 0.717) is 12.6 Å². The summed E-state index contributed by atoms with van der Waals surface area (Å²) in [6, 6.07) is 8.67. The van der Waals surface area contributed by atoms with Gasteiger partial charge in [-0.2, -0.15) is 4.98 Å². The van der Waals surface area contributed by atoms with Crippen LogP contribution >= 0.6 is 0 Å². The van der Waals surface area contributed by atoms with Crippen LogP contribution in [0.4, 0.5) is 6.01 Å². The quantitative estimate of drug-likeness (QED) is 0.917. The third-order valence-corrected chi connectivity index (χ3v) is 3.21. The molecule has 0 spiro atoms. The largest absolute Gasteiger partial charge is 0.493 e. The van der Waals surface area contributed by atoms with Gasteiger partial charge in [0.1, 0.15) is 5.75 Å². The summed E-state index contributed by atoms with van der Waals surface area (Å²) < 4.78 is 10.9. The van der Waals surface area contributed by atoms with Crippen LogP contribution in [-0.4, -0.2) is 16.7 Å². The Balaban J connectivity index is 1.80. The molecule has 19 heavy (non-hydrogen) atoms. The molecule has 1 N–H and O–H groups in total. The molecule has 0 aliphatic carbocycles. The number of aromatic nitrogens is 2. The lowest BCUT2D eigenvalue weighted by Crippen LogP contribution is -2.20. The summed E-state index contributed by atoms with van der Waals surface area (Å²) in [6.07, 6.45) is 0.885. The van der Waals surface area contributed by atoms with Crippen molar-refractivity contribution in [3.8, 4) is 5.75 Å². The number of nitrogens with zero attached hydrogens (tertiary/aromatic N) is 2. The number of nitrogens with one attached hydrogen (secondary N) is 1. The Hall–Kier alpha value is -2.04. The Morgan fingerprint density at radius 3 is 2.95 bits per heavy atom.